The van der Waals surface area contributed by atoms with Crippen LogP contribution in [0.3, 0.4) is 0 Å². The van der Waals surface area contributed by atoms with Crippen molar-refractivity contribution in [3.63, 3.8) is 0 Å². The Morgan fingerprint density at radius 1 is 1.16 bits per heavy atom. The standard InChI is InChI=1S/C21H24N2O2/c1-14-5-7-15(8-6-14)20(24)23-13-21(2,3)18-12-22-19-10-9-16(25-4)11-17(18)19/h5-12,22H,13H2,1-4H3,(H,23,24). The highest BCUT2D eigenvalue weighted by molar-refractivity contribution is 5.94. The van der Waals surface area contributed by atoms with Gasteiger partial charge in [-0.2, -0.15) is 0 Å². The Bertz CT molecular complexity index is 892. The third-order valence-electron chi connectivity index (χ3n) is 4.62. The van der Waals surface area contributed by atoms with E-state index in [-0.39, 0.29) is 11.3 Å². The van der Waals surface area contributed by atoms with Crippen LogP contribution in [0.1, 0.15) is 35.3 Å². The molecule has 0 aliphatic carbocycles. The summed E-state index contributed by atoms with van der Waals surface area (Å²) >= 11 is 0. The van der Waals surface area contributed by atoms with E-state index in [4.69, 9.17) is 4.74 Å². The van der Waals surface area contributed by atoms with Crippen LogP contribution >= 0.6 is 0 Å². The van der Waals surface area contributed by atoms with Gasteiger partial charge in [-0.25, -0.2) is 0 Å². The number of nitrogens with one attached hydrogen (secondary N) is 2. The van der Waals surface area contributed by atoms with Crippen LogP contribution in [0.25, 0.3) is 10.9 Å². The normalized spacial score (nSPS) is 11.5. The lowest BCUT2D eigenvalue weighted by molar-refractivity contribution is 0.0945. The predicted molar refractivity (Wildman–Crippen MR) is 101 cm³/mol. The first kappa shape index (κ1) is 17.1. The summed E-state index contributed by atoms with van der Waals surface area (Å²) in [5.74, 6) is 0.776. The van der Waals surface area contributed by atoms with E-state index in [2.05, 4.69) is 24.1 Å². The van der Waals surface area contributed by atoms with Crippen LogP contribution in [0.2, 0.25) is 0 Å². The molecule has 0 bridgehead atoms. The SMILES string of the molecule is COc1ccc2[nH]cc(C(C)(C)CNC(=O)c3ccc(C)cc3)c2c1. The highest BCUT2D eigenvalue weighted by atomic mass is 16.5. The zero-order valence-electron chi connectivity index (χ0n) is 15.1. The van der Waals surface area contributed by atoms with Gasteiger partial charge in [0, 0.05) is 34.6 Å². The van der Waals surface area contributed by atoms with Crippen molar-refractivity contribution >= 4 is 16.8 Å². The fraction of sp³-hybridized carbons (Fsp3) is 0.286. The Balaban J connectivity index is 1.79. The van der Waals surface area contributed by atoms with E-state index in [1.807, 2.05) is 55.6 Å². The van der Waals surface area contributed by atoms with Gasteiger partial charge < -0.3 is 15.0 Å². The zero-order chi connectivity index (χ0) is 18.0. The van der Waals surface area contributed by atoms with Crippen molar-refractivity contribution in [1.29, 1.82) is 0 Å². The number of aromatic nitrogens is 1. The molecule has 0 spiro atoms. The molecule has 0 atom stereocenters. The van der Waals surface area contributed by atoms with Gasteiger partial charge in [-0.3, -0.25) is 4.79 Å². The molecule has 0 aliphatic heterocycles. The number of H-pyrrole nitrogens is 1. The van der Waals surface area contributed by atoms with Crippen molar-refractivity contribution in [2.75, 3.05) is 13.7 Å². The van der Waals surface area contributed by atoms with Crippen LogP contribution in [-0.4, -0.2) is 24.5 Å². The molecule has 0 fully saturated rings. The molecule has 2 aromatic carbocycles. The summed E-state index contributed by atoms with van der Waals surface area (Å²) < 4.78 is 5.34. The lowest BCUT2D eigenvalue weighted by Gasteiger charge is -2.25. The van der Waals surface area contributed by atoms with Gasteiger partial charge in [-0.1, -0.05) is 31.5 Å². The quantitative estimate of drug-likeness (QED) is 0.734. The summed E-state index contributed by atoms with van der Waals surface area (Å²) in [5, 5.41) is 4.18. The largest absolute Gasteiger partial charge is 0.497 e. The Morgan fingerprint density at radius 2 is 1.88 bits per heavy atom. The molecule has 130 valence electrons. The number of amides is 1. The molecule has 1 heterocycles. The Labute approximate surface area is 148 Å². The first-order valence-electron chi connectivity index (χ1n) is 8.41. The highest BCUT2D eigenvalue weighted by Crippen LogP contribution is 2.32. The molecule has 1 amide bonds. The maximum atomic E-state index is 12.4. The molecule has 4 nitrogen and oxygen atoms in total. The molecule has 2 N–H and O–H groups in total. The molecule has 0 unspecified atom stereocenters. The molecular weight excluding hydrogens is 312 g/mol. The minimum absolute atomic E-state index is 0.0505. The number of carbonyl (C=O) groups excluding carboxylic acids is 1. The number of hydrogen-bond acceptors (Lipinski definition) is 2. The maximum absolute atomic E-state index is 12.4. The average molecular weight is 336 g/mol. The lowest BCUT2D eigenvalue weighted by atomic mass is 9.84. The van der Waals surface area contributed by atoms with Crippen LogP contribution in [0.15, 0.2) is 48.7 Å². The number of ether oxygens (including phenoxy) is 1. The number of aromatic amines is 1. The Morgan fingerprint density at radius 3 is 2.56 bits per heavy atom. The second-order valence-corrected chi connectivity index (χ2v) is 7.05. The number of hydrogen-bond donors (Lipinski definition) is 2. The van der Waals surface area contributed by atoms with Gasteiger partial charge in [0.2, 0.25) is 0 Å². The van der Waals surface area contributed by atoms with Crippen LogP contribution in [0, 0.1) is 6.92 Å². The molecule has 0 saturated carbocycles. The Hall–Kier alpha value is -2.75. The summed E-state index contributed by atoms with van der Waals surface area (Å²) in [7, 11) is 1.67. The van der Waals surface area contributed by atoms with Gasteiger partial charge in [0.15, 0.2) is 0 Å². The number of methoxy groups -OCH3 is 1. The first-order chi connectivity index (χ1) is 11.9. The minimum atomic E-state index is -0.217. The average Bonchev–Trinajstić information content (AvgIpc) is 3.04. The molecule has 1 aromatic heterocycles. The number of fused-ring (bicyclic) bond motifs is 1. The van der Waals surface area contributed by atoms with E-state index in [0.717, 1.165) is 27.8 Å². The van der Waals surface area contributed by atoms with Gasteiger partial charge >= 0.3 is 0 Å². The van der Waals surface area contributed by atoms with E-state index in [0.29, 0.717) is 12.1 Å². The topological polar surface area (TPSA) is 54.1 Å². The summed E-state index contributed by atoms with van der Waals surface area (Å²) in [5.41, 5.74) is 3.83. The summed E-state index contributed by atoms with van der Waals surface area (Å²) in [6.07, 6.45) is 2.02. The second kappa shape index (κ2) is 6.63. The smallest absolute Gasteiger partial charge is 0.251 e. The van der Waals surface area contributed by atoms with Gasteiger partial charge in [0.25, 0.3) is 5.91 Å². The fourth-order valence-electron chi connectivity index (χ4n) is 2.99. The third-order valence-corrected chi connectivity index (χ3v) is 4.62. The zero-order valence-corrected chi connectivity index (χ0v) is 15.1. The maximum Gasteiger partial charge on any atom is 0.251 e. The number of rotatable bonds is 5. The van der Waals surface area contributed by atoms with E-state index < -0.39 is 0 Å². The van der Waals surface area contributed by atoms with Crippen LogP contribution in [-0.2, 0) is 5.41 Å². The third kappa shape index (κ3) is 3.53. The lowest BCUT2D eigenvalue weighted by Crippen LogP contribution is -2.36. The van der Waals surface area contributed by atoms with Crippen LogP contribution < -0.4 is 10.1 Å². The number of benzene rings is 2. The fourth-order valence-corrected chi connectivity index (χ4v) is 2.99. The van der Waals surface area contributed by atoms with Gasteiger partial charge in [-0.05, 0) is 42.8 Å². The summed E-state index contributed by atoms with van der Waals surface area (Å²) in [4.78, 5) is 15.7. The molecule has 0 aliphatic rings. The van der Waals surface area contributed by atoms with E-state index in [1.54, 1.807) is 7.11 Å². The Kier molecular flexibility index (Phi) is 4.53. The first-order valence-corrected chi connectivity index (χ1v) is 8.41. The van der Waals surface area contributed by atoms with Gasteiger partial charge in [0.05, 0.1) is 7.11 Å². The van der Waals surface area contributed by atoms with E-state index in [1.165, 1.54) is 0 Å². The summed E-state index contributed by atoms with van der Waals surface area (Å²) in [6, 6.07) is 13.6. The second-order valence-electron chi connectivity index (χ2n) is 7.05. The molecule has 3 aromatic rings. The van der Waals surface area contributed by atoms with E-state index >= 15 is 0 Å². The van der Waals surface area contributed by atoms with Crippen molar-refractivity contribution in [1.82, 2.24) is 10.3 Å². The highest BCUT2D eigenvalue weighted by Gasteiger charge is 2.25. The number of carbonyl (C=O) groups is 1. The minimum Gasteiger partial charge on any atom is -0.497 e. The summed E-state index contributed by atoms with van der Waals surface area (Å²) in [6.45, 7) is 6.81. The van der Waals surface area contributed by atoms with E-state index in [9.17, 15) is 4.79 Å². The van der Waals surface area contributed by atoms with Gasteiger partial charge in [0.1, 0.15) is 5.75 Å². The van der Waals surface area contributed by atoms with Crippen molar-refractivity contribution < 1.29 is 9.53 Å². The van der Waals surface area contributed by atoms with Crippen molar-refractivity contribution in [3.8, 4) is 5.75 Å². The van der Waals surface area contributed by atoms with Crippen LogP contribution in [0.5, 0.6) is 5.75 Å². The number of aryl methyl sites for hydroxylation is 1. The van der Waals surface area contributed by atoms with Gasteiger partial charge in [-0.15, -0.1) is 0 Å². The molecule has 3 rings (SSSR count). The van der Waals surface area contributed by atoms with Crippen molar-refractivity contribution in [2.45, 2.75) is 26.2 Å². The predicted octanol–water partition coefficient (Wildman–Crippen LogP) is 4.19. The molecule has 4 heteroatoms. The van der Waals surface area contributed by atoms with Crippen molar-refractivity contribution in [3.05, 3.63) is 65.4 Å². The molecule has 0 saturated heterocycles. The van der Waals surface area contributed by atoms with Crippen LogP contribution in [0.4, 0.5) is 0 Å². The molecular formula is C21H24N2O2. The molecule has 0 radical (unpaired) electrons. The monoisotopic (exact) mass is 336 g/mol. The molecule has 25 heavy (non-hydrogen) atoms. The van der Waals surface area contributed by atoms with Crippen molar-refractivity contribution in [2.24, 2.45) is 0 Å².